The number of aromatic nitrogens is 2. The van der Waals surface area contributed by atoms with Gasteiger partial charge in [-0.3, -0.25) is 4.79 Å². The Balaban J connectivity index is 1.34. The van der Waals surface area contributed by atoms with E-state index in [-0.39, 0.29) is 11.9 Å². The van der Waals surface area contributed by atoms with E-state index in [1.165, 1.54) is 4.90 Å². The Morgan fingerprint density at radius 2 is 1.96 bits per heavy atom. The number of hydrogen-bond donors (Lipinski definition) is 1. The number of carbonyl (C=O) groups excluding carboxylic acids is 1. The van der Waals surface area contributed by atoms with Crippen LogP contribution < -0.4 is 0 Å². The molecule has 1 amide bonds. The maximum Gasteiger partial charge on any atom is 0.223 e. The van der Waals surface area contributed by atoms with Gasteiger partial charge in [0.15, 0.2) is 0 Å². The van der Waals surface area contributed by atoms with Crippen LogP contribution in [0.15, 0.2) is 59.5 Å². The largest absolute Gasteiger partial charge is 0.340 e. The number of imidazole rings is 1. The Kier molecular flexibility index (Phi) is 5.25. The summed E-state index contributed by atoms with van der Waals surface area (Å²) in [7, 11) is 0. The van der Waals surface area contributed by atoms with Crippen LogP contribution in [0.4, 0.5) is 0 Å². The van der Waals surface area contributed by atoms with E-state index in [1.807, 2.05) is 47.0 Å². The second-order valence-electron chi connectivity index (χ2n) is 6.65. The van der Waals surface area contributed by atoms with Crippen molar-refractivity contribution in [3.05, 3.63) is 60.4 Å². The number of nitrogens with one attached hydrogen (secondary N) is 1. The Morgan fingerprint density at radius 1 is 1.15 bits per heavy atom. The average Bonchev–Trinajstić information content (AvgIpc) is 3.32. The monoisotopic (exact) mass is 365 g/mol. The maximum atomic E-state index is 12.7. The van der Waals surface area contributed by atoms with Crippen molar-refractivity contribution in [2.75, 3.05) is 12.3 Å². The van der Waals surface area contributed by atoms with Gasteiger partial charge in [0.25, 0.3) is 0 Å². The van der Waals surface area contributed by atoms with E-state index in [0.717, 1.165) is 48.4 Å². The zero-order valence-corrected chi connectivity index (χ0v) is 15.5. The van der Waals surface area contributed by atoms with Crippen molar-refractivity contribution in [3.63, 3.8) is 0 Å². The third kappa shape index (κ3) is 3.78. The third-order valence-electron chi connectivity index (χ3n) is 4.84. The number of benzene rings is 2. The van der Waals surface area contributed by atoms with Crippen molar-refractivity contribution in [3.8, 4) is 0 Å². The lowest BCUT2D eigenvalue weighted by atomic mass is 10.2. The highest BCUT2D eigenvalue weighted by atomic mass is 32.2. The SMILES string of the molecule is O=C(CCCSc1ccccc1)N1CCC[C@H]1c1nc2ccccc2[nH]1. The maximum absolute atomic E-state index is 12.7. The molecule has 134 valence electrons. The first-order chi connectivity index (χ1) is 12.8. The first-order valence-corrected chi connectivity index (χ1v) is 10.2. The number of aromatic amines is 1. The normalized spacial score (nSPS) is 17.1. The number of carbonyl (C=O) groups is 1. The van der Waals surface area contributed by atoms with Gasteiger partial charge in [-0.05, 0) is 49.3 Å². The number of para-hydroxylation sites is 2. The number of fused-ring (bicyclic) bond motifs is 1. The summed E-state index contributed by atoms with van der Waals surface area (Å²) in [4.78, 5) is 24.1. The van der Waals surface area contributed by atoms with Gasteiger partial charge in [-0.25, -0.2) is 4.98 Å². The highest BCUT2D eigenvalue weighted by molar-refractivity contribution is 7.99. The van der Waals surface area contributed by atoms with Gasteiger partial charge >= 0.3 is 0 Å². The quantitative estimate of drug-likeness (QED) is 0.504. The van der Waals surface area contributed by atoms with Gasteiger partial charge in [0.05, 0.1) is 17.1 Å². The molecule has 0 bridgehead atoms. The molecule has 1 aliphatic heterocycles. The highest BCUT2D eigenvalue weighted by Gasteiger charge is 2.31. The summed E-state index contributed by atoms with van der Waals surface area (Å²) in [5.41, 5.74) is 2.02. The Hall–Kier alpha value is -2.27. The lowest BCUT2D eigenvalue weighted by Crippen LogP contribution is -2.31. The summed E-state index contributed by atoms with van der Waals surface area (Å²) < 4.78 is 0. The second-order valence-corrected chi connectivity index (χ2v) is 7.82. The summed E-state index contributed by atoms with van der Waals surface area (Å²) in [6.07, 6.45) is 3.55. The topological polar surface area (TPSA) is 49.0 Å². The number of amides is 1. The molecule has 1 atom stereocenters. The molecule has 4 rings (SSSR count). The molecule has 1 aromatic heterocycles. The molecule has 26 heavy (non-hydrogen) atoms. The van der Waals surface area contributed by atoms with Crippen molar-refractivity contribution in [2.24, 2.45) is 0 Å². The van der Waals surface area contributed by atoms with E-state index in [2.05, 4.69) is 29.2 Å². The first kappa shape index (κ1) is 17.2. The summed E-state index contributed by atoms with van der Waals surface area (Å²) in [5, 5.41) is 0. The Bertz CT molecular complexity index is 844. The average molecular weight is 366 g/mol. The van der Waals surface area contributed by atoms with Crippen molar-refractivity contribution < 1.29 is 4.79 Å². The van der Waals surface area contributed by atoms with E-state index in [0.29, 0.717) is 6.42 Å². The van der Waals surface area contributed by atoms with E-state index in [4.69, 9.17) is 4.98 Å². The lowest BCUT2D eigenvalue weighted by molar-refractivity contribution is -0.132. The summed E-state index contributed by atoms with van der Waals surface area (Å²) >= 11 is 1.82. The summed E-state index contributed by atoms with van der Waals surface area (Å²) in [5.74, 6) is 2.15. The molecule has 1 fully saturated rings. The molecule has 2 aromatic carbocycles. The van der Waals surface area contributed by atoms with Crippen molar-refractivity contribution >= 4 is 28.7 Å². The first-order valence-electron chi connectivity index (χ1n) is 9.23. The molecule has 0 saturated carbocycles. The zero-order valence-electron chi connectivity index (χ0n) is 14.7. The number of likely N-dealkylation sites (tertiary alicyclic amines) is 1. The van der Waals surface area contributed by atoms with Crippen LogP contribution in [0.5, 0.6) is 0 Å². The zero-order chi connectivity index (χ0) is 17.8. The minimum Gasteiger partial charge on any atom is -0.340 e. The molecule has 0 radical (unpaired) electrons. The lowest BCUT2D eigenvalue weighted by Gasteiger charge is -2.23. The van der Waals surface area contributed by atoms with Gasteiger partial charge < -0.3 is 9.88 Å². The molecule has 1 aliphatic rings. The molecule has 3 aromatic rings. The Labute approximate surface area is 158 Å². The minimum absolute atomic E-state index is 0.0941. The van der Waals surface area contributed by atoms with Gasteiger partial charge in [-0.1, -0.05) is 30.3 Å². The van der Waals surface area contributed by atoms with Gasteiger partial charge in [-0.2, -0.15) is 0 Å². The van der Waals surface area contributed by atoms with Crippen LogP contribution in [-0.2, 0) is 4.79 Å². The molecular formula is C21H23N3OS. The minimum atomic E-state index is 0.0941. The summed E-state index contributed by atoms with van der Waals surface area (Å²) in [6, 6.07) is 18.5. The molecule has 1 N–H and O–H groups in total. The number of hydrogen-bond acceptors (Lipinski definition) is 3. The molecule has 1 saturated heterocycles. The molecule has 0 unspecified atom stereocenters. The molecule has 4 nitrogen and oxygen atoms in total. The molecule has 2 heterocycles. The van der Waals surface area contributed by atoms with Crippen molar-refractivity contribution in [1.82, 2.24) is 14.9 Å². The fourth-order valence-electron chi connectivity index (χ4n) is 3.55. The van der Waals surface area contributed by atoms with Crippen LogP contribution in [0.1, 0.15) is 37.5 Å². The fourth-order valence-corrected chi connectivity index (χ4v) is 4.43. The highest BCUT2D eigenvalue weighted by Crippen LogP contribution is 2.32. The van der Waals surface area contributed by atoms with Crippen LogP contribution in [0.25, 0.3) is 11.0 Å². The van der Waals surface area contributed by atoms with E-state index in [9.17, 15) is 4.79 Å². The van der Waals surface area contributed by atoms with Gasteiger partial charge in [-0.15, -0.1) is 11.8 Å². The van der Waals surface area contributed by atoms with Gasteiger partial charge in [0, 0.05) is 17.9 Å². The van der Waals surface area contributed by atoms with Crippen LogP contribution in [0.3, 0.4) is 0 Å². The standard InChI is InChI=1S/C21H23N3OS/c25-20(13-7-15-26-16-8-2-1-3-9-16)24-14-6-12-19(24)21-22-17-10-4-5-11-18(17)23-21/h1-5,8-11,19H,6-7,12-15H2,(H,22,23)/t19-/m0/s1. The predicted molar refractivity (Wildman–Crippen MR) is 106 cm³/mol. The van der Waals surface area contributed by atoms with Crippen LogP contribution >= 0.6 is 11.8 Å². The van der Waals surface area contributed by atoms with Crippen molar-refractivity contribution in [2.45, 2.75) is 36.6 Å². The molecular weight excluding hydrogens is 342 g/mol. The van der Waals surface area contributed by atoms with E-state index in [1.54, 1.807) is 0 Å². The van der Waals surface area contributed by atoms with Gasteiger partial charge in [0.1, 0.15) is 5.82 Å². The number of nitrogens with zero attached hydrogens (tertiary/aromatic N) is 2. The molecule has 0 spiro atoms. The molecule has 5 heteroatoms. The Morgan fingerprint density at radius 3 is 2.81 bits per heavy atom. The van der Waals surface area contributed by atoms with E-state index < -0.39 is 0 Å². The number of thioether (sulfide) groups is 1. The van der Waals surface area contributed by atoms with Crippen LogP contribution in [-0.4, -0.2) is 33.1 Å². The predicted octanol–water partition coefficient (Wildman–Crippen LogP) is 4.80. The van der Waals surface area contributed by atoms with Gasteiger partial charge in [0.2, 0.25) is 5.91 Å². The van der Waals surface area contributed by atoms with Crippen molar-refractivity contribution in [1.29, 1.82) is 0 Å². The molecule has 0 aliphatic carbocycles. The third-order valence-corrected chi connectivity index (χ3v) is 5.94. The summed E-state index contributed by atoms with van der Waals surface area (Å²) in [6.45, 7) is 0.840. The fraction of sp³-hybridized carbons (Fsp3) is 0.333. The van der Waals surface area contributed by atoms with Crippen LogP contribution in [0.2, 0.25) is 0 Å². The van der Waals surface area contributed by atoms with Crippen LogP contribution in [0, 0.1) is 0 Å². The van der Waals surface area contributed by atoms with E-state index >= 15 is 0 Å². The number of H-pyrrole nitrogens is 1. The smallest absolute Gasteiger partial charge is 0.223 e. The second kappa shape index (κ2) is 7.96. The number of rotatable bonds is 6.